The lowest BCUT2D eigenvalue weighted by atomic mass is 10.1. The molecular formula is C19H28N2O4. The molecule has 0 bridgehead atoms. The standard InChI is InChI=1S/C19H28N2O4/c1-5-15-13-24-16(12-21(15)18(23)25-19(2,3)4)17(22)20-11-14-9-7-6-8-10-14/h6-10,15-16H,5,11-13H2,1-4H3,(H,20,22)/t15-,16+/m1/s1. The molecule has 1 N–H and O–H groups in total. The Morgan fingerprint density at radius 3 is 2.56 bits per heavy atom. The van der Waals surface area contributed by atoms with Gasteiger partial charge in [-0.15, -0.1) is 0 Å². The number of carbonyl (C=O) groups excluding carboxylic acids is 2. The van der Waals surface area contributed by atoms with Crippen molar-refractivity contribution in [3.05, 3.63) is 35.9 Å². The van der Waals surface area contributed by atoms with E-state index in [1.807, 2.05) is 58.0 Å². The lowest BCUT2D eigenvalue weighted by molar-refractivity contribution is -0.141. The van der Waals surface area contributed by atoms with Gasteiger partial charge in [0, 0.05) is 6.54 Å². The van der Waals surface area contributed by atoms with E-state index in [4.69, 9.17) is 9.47 Å². The summed E-state index contributed by atoms with van der Waals surface area (Å²) in [5.74, 6) is -0.216. The zero-order chi connectivity index (χ0) is 18.4. The molecule has 1 fully saturated rings. The number of ether oxygens (including phenoxy) is 2. The zero-order valence-corrected chi connectivity index (χ0v) is 15.5. The molecule has 0 spiro atoms. The minimum atomic E-state index is -0.681. The van der Waals surface area contributed by atoms with E-state index in [-0.39, 0.29) is 18.5 Å². The van der Waals surface area contributed by atoms with Crippen molar-refractivity contribution in [2.45, 2.75) is 58.4 Å². The average Bonchev–Trinajstić information content (AvgIpc) is 2.58. The molecule has 6 heteroatoms. The summed E-state index contributed by atoms with van der Waals surface area (Å²) in [6.45, 7) is 8.45. The maximum atomic E-state index is 12.4. The first kappa shape index (κ1) is 19.2. The summed E-state index contributed by atoms with van der Waals surface area (Å²) in [7, 11) is 0. The molecule has 1 heterocycles. The molecule has 1 aliphatic rings. The number of amides is 2. The Morgan fingerprint density at radius 1 is 1.28 bits per heavy atom. The van der Waals surface area contributed by atoms with Gasteiger partial charge in [0.15, 0.2) is 6.10 Å². The van der Waals surface area contributed by atoms with Crippen molar-refractivity contribution in [3.63, 3.8) is 0 Å². The molecule has 0 aromatic heterocycles. The molecule has 1 aliphatic heterocycles. The molecular weight excluding hydrogens is 320 g/mol. The van der Waals surface area contributed by atoms with Crippen molar-refractivity contribution < 1.29 is 19.1 Å². The largest absolute Gasteiger partial charge is 0.444 e. The second-order valence-corrected chi connectivity index (χ2v) is 7.22. The smallest absolute Gasteiger partial charge is 0.410 e. The highest BCUT2D eigenvalue weighted by Gasteiger charge is 2.36. The molecule has 1 saturated heterocycles. The number of morpholine rings is 1. The van der Waals surface area contributed by atoms with Crippen LogP contribution in [0.5, 0.6) is 0 Å². The number of rotatable bonds is 4. The Labute approximate surface area is 149 Å². The van der Waals surface area contributed by atoms with Crippen LogP contribution in [0.2, 0.25) is 0 Å². The lowest BCUT2D eigenvalue weighted by Gasteiger charge is -2.39. The molecule has 0 saturated carbocycles. The van der Waals surface area contributed by atoms with Crippen LogP contribution in [0.1, 0.15) is 39.7 Å². The second kappa shape index (κ2) is 8.34. The Hall–Kier alpha value is -2.08. The fourth-order valence-electron chi connectivity index (χ4n) is 2.64. The van der Waals surface area contributed by atoms with E-state index in [9.17, 15) is 9.59 Å². The molecule has 2 amide bonds. The van der Waals surface area contributed by atoms with Crippen LogP contribution >= 0.6 is 0 Å². The summed E-state index contributed by atoms with van der Waals surface area (Å²) < 4.78 is 11.1. The predicted molar refractivity (Wildman–Crippen MR) is 95.0 cm³/mol. The second-order valence-electron chi connectivity index (χ2n) is 7.22. The number of benzene rings is 1. The van der Waals surface area contributed by atoms with Gasteiger partial charge in [-0.05, 0) is 32.8 Å². The van der Waals surface area contributed by atoms with Gasteiger partial charge in [0.25, 0.3) is 5.91 Å². The highest BCUT2D eigenvalue weighted by Crippen LogP contribution is 2.19. The topological polar surface area (TPSA) is 67.9 Å². The molecule has 2 rings (SSSR count). The van der Waals surface area contributed by atoms with Gasteiger partial charge in [-0.2, -0.15) is 0 Å². The molecule has 0 radical (unpaired) electrons. The molecule has 1 aromatic carbocycles. The first-order valence-electron chi connectivity index (χ1n) is 8.73. The zero-order valence-electron chi connectivity index (χ0n) is 15.5. The third kappa shape index (κ3) is 5.74. The maximum Gasteiger partial charge on any atom is 0.410 e. The van der Waals surface area contributed by atoms with E-state index >= 15 is 0 Å². The number of nitrogens with zero attached hydrogens (tertiary/aromatic N) is 1. The molecule has 6 nitrogen and oxygen atoms in total. The SMILES string of the molecule is CC[C@@H]1CO[C@H](C(=O)NCc2ccccc2)CN1C(=O)OC(C)(C)C. The van der Waals surface area contributed by atoms with Crippen molar-refractivity contribution in [2.24, 2.45) is 0 Å². The van der Waals surface area contributed by atoms with Gasteiger partial charge >= 0.3 is 6.09 Å². The third-order valence-electron chi connectivity index (χ3n) is 3.99. The van der Waals surface area contributed by atoms with Crippen LogP contribution in [-0.2, 0) is 20.8 Å². The molecule has 1 aromatic rings. The number of hydrogen-bond donors (Lipinski definition) is 1. The first-order valence-corrected chi connectivity index (χ1v) is 8.73. The molecule has 25 heavy (non-hydrogen) atoms. The highest BCUT2D eigenvalue weighted by molar-refractivity contribution is 5.82. The Kier molecular flexibility index (Phi) is 6.42. The summed E-state index contributed by atoms with van der Waals surface area (Å²) in [5, 5.41) is 2.87. The van der Waals surface area contributed by atoms with Crippen LogP contribution in [-0.4, -0.2) is 47.8 Å². The molecule has 138 valence electrons. The van der Waals surface area contributed by atoms with Crippen LogP contribution in [0.15, 0.2) is 30.3 Å². The monoisotopic (exact) mass is 348 g/mol. The minimum Gasteiger partial charge on any atom is -0.444 e. The highest BCUT2D eigenvalue weighted by atomic mass is 16.6. The third-order valence-corrected chi connectivity index (χ3v) is 3.99. The van der Waals surface area contributed by atoms with E-state index in [0.717, 1.165) is 12.0 Å². The van der Waals surface area contributed by atoms with Crippen molar-refractivity contribution in [1.82, 2.24) is 10.2 Å². The van der Waals surface area contributed by atoms with Crippen LogP contribution in [0.25, 0.3) is 0 Å². The van der Waals surface area contributed by atoms with Crippen LogP contribution in [0.4, 0.5) is 4.79 Å². The van der Waals surface area contributed by atoms with Crippen molar-refractivity contribution >= 4 is 12.0 Å². The van der Waals surface area contributed by atoms with Crippen LogP contribution in [0.3, 0.4) is 0 Å². The predicted octanol–water partition coefficient (Wildman–Crippen LogP) is 2.72. The van der Waals surface area contributed by atoms with E-state index < -0.39 is 17.8 Å². The van der Waals surface area contributed by atoms with E-state index in [0.29, 0.717) is 13.2 Å². The minimum absolute atomic E-state index is 0.0759. The summed E-state index contributed by atoms with van der Waals surface area (Å²) in [6.07, 6.45) is -0.333. The lowest BCUT2D eigenvalue weighted by Crippen LogP contribution is -2.56. The van der Waals surface area contributed by atoms with Gasteiger partial charge in [-0.1, -0.05) is 37.3 Å². The van der Waals surface area contributed by atoms with Gasteiger partial charge < -0.3 is 14.8 Å². The fraction of sp³-hybridized carbons (Fsp3) is 0.579. The van der Waals surface area contributed by atoms with Gasteiger partial charge in [0.1, 0.15) is 5.60 Å². The van der Waals surface area contributed by atoms with Crippen molar-refractivity contribution in [2.75, 3.05) is 13.2 Å². The first-order chi connectivity index (χ1) is 11.8. The number of carbonyl (C=O) groups is 2. The number of nitrogens with one attached hydrogen (secondary N) is 1. The fourth-order valence-corrected chi connectivity index (χ4v) is 2.64. The summed E-state index contributed by atoms with van der Waals surface area (Å²) in [5.41, 5.74) is 0.445. The molecule has 0 aliphatic carbocycles. The van der Waals surface area contributed by atoms with Crippen molar-refractivity contribution in [3.8, 4) is 0 Å². The average molecular weight is 348 g/mol. The summed E-state index contributed by atoms with van der Waals surface area (Å²) >= 11 is 0. The molecule has 2 atom stereocenters. The van der Waals surface area contributed by atoms with Gasteiger partial charge in [-0.25, -0.2) is 4.79 Å². The van der Waals surface area contributed by atoms with E-state index in [1.165, 1.54) is 0 Å². The quantitative estimate of drug-likeness (QED) is 0.908. The van der Waals surface area contributed by atoms with E-state index in [1.54, 1.807) is 4.90 Å². The summed E-state index contributed by atoms with van der Waals surface area (Å²) in [4.78, 5) is 26.5. The summed E-state index contributed by atoms with van der Waals surface area (Å²) in [6, 6.07) is 9.60. The van der Waals surface area contributed by atoms with Gasteiger partial charge in [0.05, 0.1) is 19.2 Å². The maximum absolute atomic E-state index is 12.4. The van der Waals surface area contributed by atoms with Gasteiger partial charge in [-0.3, -0.25) is 9.69 Å². The normalized spacial score (nSPS) is 20.9. The van der Waals surface area contributed by atoms with Crippen LogP contribution < -0.4 is 5.32 Å². The van der Waals surface area contributed by atoms with Crippen LogP contribution in [0, 0.1) is 0 Å². The Morgan fingerprint density at radius 2 is 1.96 bits per heavy atom. The van der Waals surface area contributed by atoms with Gasteiger partial charge in [0.2, 0.25) is 0 Å². The van der Waals surface area contributed by atoms with Crippen molar-refractivity contribution in [1.29, 1.82) is 0 Å². The van der Waals surface area contributed by atoms with E-state index in [2.05, 4.69) is 5.32 Å². The Balaban J connectivity index is 1.95. The Bertz CT molecular complexity index is 583. The molecule has 0 unspecified atom stereocenters. The number of hydrogen-bond acceptors (Lipinski definition) is 4.